The average molecular weight is 1130 g/mol. The number of hydrogen-bond donors (Lipinski definition) is 5. The van der Waals surface area contributed by atoms with E-state index in [0.29, 0.717) is 12.3 Å². The van der Waals surface area contributed by atoms with E-state index in [4.69, 9.17) is 14.9 Å². The number of epoxide rings is 1. The van der Waals surface area contributed by atoms with Gasteiger partial charge in [-0.25, -0.2) is 0 Å². The zero-order valence-electron chi connectivity index (χ0n) is 54.2. The SMILES string of the molecule is CCCCCCCCCCCCC/C=C/C(O)C(CO)NC(=N)CCCCCCCCCCCCCCCCCCCCCCCCCCCCCOC1OC1C(O)CCCCCCCCCCCCCCCCCCCCCC. The van der Waals surface area contributed by atoms with Gasteiger partial charge in [-0.05, 0) is 32.1 Å². The van der Waals surface area contributed by atoms with E-state index >= 15 is 0 Å². The fraction of sp³-hybridized carbons (Fsp3) is 0.959. The first kappa shape index (κ1) is 77.0. The van der Waals surface area contributed by atoms with Gasteiger partial charge >= 0.3 is 0 Å². The summed E-state index contributed by atoms with van der Waals surface area (Å²) in [5.41, 5.74) is 0. The van der Waals surface area contributed by atoms with Crippen LogP contribution >= 0.6 is 0 Å². The molecule has 5 atom stereocenters. The van der Waals surface area contributed by atoms with Crippen molar-refractivity contribution in [3.8, 4) is 0 Å². The van der Waals surface area contributed by atoms with Crippen LogP contribution in [0.3, 0.4) is 0 Å². The summed E-state index contributed by atoms with van der Waals surface area (Å²) in [5, 5.41) is 42.4. The van der Waals surface area contributed by atoms with Gasteiger partial charge in [0.25, 0.3) is 0 Å². The molecule has 1 heterocycles. The molecule has 0 saturated carbocycles. The van der Waals surface area contributed by atoms with E-state index in [2.05, 4.69) is 25.2 Å². The topological polar surface area (TPSA) is 118 Å². The molecule has 5 unspecified atom stereocenters. The molecule has 0 aliphatic carbocycles. The van der Waals surface area contributed by atoms with Gasteiger partial charge in [0.15, 0.2) is 6.29 Å². The van der Waals surface area contributed by atoms with Crippen LogP contribution in [0.15, 0.2) is 12.2 Å². The number of rotatable bonds is 69. The van der Waals surface area contributed by atoms with Crippen molar-refractivity contribution >= 4 is 5.84 Å². The minimum Gasteiger partial charge on any atom is -0.394 e. The van der Waals surface area contributed by atoms with Gasteiger partial charge in [-0.3, -0.25) is 5.41 Å². The third kappa shape index (κ3) is 56.2. The maximum atomic E-state index is 10.6. The highest BCUT2D eigenvalue weighted by Gasteiger charge is 2.45. The normalized spacial score (nSPS) is 15.6. The van der Waals surface area contributed by atoms with E-state index in [1.54, 1.807) is 6.08 Å². The Morgan fingerprint density at radius 1 is 0.412 bits per heavy atom. The minimum atomic E-state index is -0.761. The van der Waals surface area contributed by atoms with Gasteiger partial charge in [0.05, 0.1) is 30.7 Å². The van der Waals surface area contributed by atoms with Crippen LogP contribution in [0.25, 0.3) is 0 Å². The number of nitrogens with one attached hydrogen (secondary N) is 2. The molecule has 1 rings (SSSR count). The molecule has 80 heavy (non-hydrogen) atoms. The summed E-state index contributed by atoms with van der Waals surface area (Å²) in [6, 6.07) is -0.499. The van der Waals surface area contributed by atoms with E-state index in [1.165, 1.54) is 340 Å². The van der Waals surface area contributed by atoms with Crippen LogP contribution in [0.2, 0.25) is 0 Å². The Labute approximate surface area is 500 Å². The van der Waals surface area contributed by atoms with Crippen molar-refractivity contribution in [3.63, 3.8) is 0 Å². The van der Waals surface area contributed by atoms with E-state index < -0.39 is 12.1 Å². The Kier molecular flexibility index (Phi) is 61.6. The summed E-state index contributed by atoms with van der Waals surface area (Å²) in [4.78, 5) is 0. The number of aliphatic hydroxyl groups excluding tert-OH is 3. The second-order valence-corrected chi connectivity index (χ2v) is 25.9. The van der Waals surface area contributed by atoms with Gasteiger partial charge in [0, 0.05) is 13.0 Å². The molecule has 1 aliphatic rings. The van der Waals surface area contributed by atoms with Crippen LogP contribution in [0, 0.1) is 5.41 Å². The average Bonchev–Trinajstić information content (AvgIpc) is 4.25. The molecule has 5 N–H and O–H groups in total. The highest BCUT2D eigenvalue weighted by molar-refractivity contribution is 5.79. The Morgan fingerprint density at radius 2 is 0.700 bits per heavy atom. The van der Waals surface area contributed by atoms with E-state index in [0.717, 1.165) is 51.6 Å². The summed E-state index contributed by atoms with van der Waals surface area (Å²) in [6.45, 7) is 5.18. The standard InChI is InChI=1S/C73H144N2O5/c1-3-5-7-9-11-13-15-17-18-19-20-30-33-36-40-44-48-52-56-60-64-70(78)72-73(80-72)79-66-62-58-54-50-46-42-38-35-32-29-27-25-23-21-22-24-26-28-31-34-37-41-45-49-53-57-61-65-71(74)75-68(67-76)69(77)63-59-55-51-47-43-39-16-14-12-10-8-6-4-2/h59,63,68-70,72-73,76-78H,3-58,60-62,64-67H2,1-2H3,(H2,74,75)/b63-59+. The Hall–Kier alpha value is -0.990. The lowest BCUT2D eigenvalue weighted by Crippen LogP contribution is -2.44. The largest absolute Gasteiger partial charge is 0.394 e. The second kappa shape index (κ2) is 64.0. The number of ether oxygens (including phenoxy) is 2. The van der Waals surface area contributed by atoms with Crippen molar-refractivity contribution < 1.29 is 24.8 Å². The molecule has 1 aliphatic heterocycles. The third-order valence-electron chi connectivity index (χ3n) is 17.8. The van der Waals surface area contributed by atoms with Crippen molar-refractivity contribution in [2.75, 3.05) is 13.2 Å². The van der Waals surface area contributed by atoms with E-state index in [-0.39, 0.29) is 25.1 Å². The third-order valence-corrected chi connectivity index (χ3v) is 17.8. The van der Waals surface area contributed by atoms with Crippen LogP contribution < -0.4 is 5.32 Å². The second-order valence-electron chi connectivity index (χ2n) is 25.9. The Balaban J connectivity index is 1.72. The van der Waals surface area contributed by atoms with Gasteiger partial charge in [-0.15, -0.1) is 0 Å². The first-order valence-electron chi connectivity index (χ1n) is 36.8. The van der Waals surface area contributed by atoms with Crippen LogP contribution in [0.4, 0.5) is 0 Å². The lowest BCUT2D eigenvalue weighted by Gasteiger charge is -2.21. The van der Waals surface area contributed by atoms with Gasteiger partial charge in [-0.2, -0.15) is 0 Å². The van der Waals surface area contributed by atoms with Crippen molar-refractivity contribution in [2.24, 2.45) is 0 Å². The monoisotopic (exact) mass is 1130 g/mol. The maximum absolute atomic E-state index is 10.6. The minimum absolute atomic E-state index is 0.0833. The predicted octanol–water partition coefficient (Wildman–Crippen LogP) is 22.8. The fourth-order valence-corrected chi connectivity index (χ4v) is 12.1. The van der Waals surface area contributed by atoms with Crippen molar-refractivity contribution in [1.29, 1.82) is 5.41 Å². The zero-order valence-corrected chi connectivity index (χ0v) is 54.2. The predicted molar refractivity (Wildman–Crippen MR) is 350 cm³/mol. The van der Waals surface area contributed by atoms with Crippen molar-refractivity contribution in [3.05, 3.63) is 12.2 Å². The number of amidine groups is 1. The first-order chi connectivity index (χ1) is 39.5. The Morgan fingerprint density at radius 3 is 1.02 bits per heavy atom. The molecule has 0 spiro atoms. The van der Waals surface area contributed by atoms with Crippen molar-refractivity contribution in [1.82, 2.24) is 5.32 Å². The molecule has 7 nitrogen and oxygen atoms in total. The zero-order chi connectivity index (χ0) is 57.5. The van der Waals surface area contributed by atoms with Gasteiger partial charge in [0.1, 0.15) is 6.10 Å². The van der Waals surface area contributed by atoms with Gasteiger partial charge < -0.3 is 30.1 Å². The number of hydrogen-bond acceptors (Lipinski definition) is 6. The molecule has 0 bridgehead atoms. The maximum Gasteiger partial charge on any atom is 0.187 e. The summed E-state index contributed by atoms with van der Waals surface area (Å²) in [7, 11) is 0. The summed E-state index contributed by atoms with van der Waals surface area (Å²) in [6.07, 6.45) is 84.3. The lowest BCUT2D eigenvalue weighted by atomic mass is 10.0. The van der Waals surface area contributed by atoms with Crippen LogP contribution in [-0.2, 0) is 9.47 Å². The van der Waals surface area contributed by atoms with E-state index in [1.807, 2.05) is 0 Å². The molecule has 0 aromatic rings. The van der Waals surface area contributed by atoms with Gasteiger partial charge in [0.2, 0.25) is 0 Å². The highest BCUT2D eigenvalue weighted by Crippen LogP contribution is 2.30. The molecule has 476 valence electrons. The molecule has 0 amide bonds. The van der Waals surface area contributed by atoms with Crippen LogP contribution in [0.5, 0.6) is 0 Å². The number of aliphatic hydroxyl groups is 3. The molecular formula is C73H144N2O5. The summed E-state index contributed by atoms with van der Waals surface area (Å²) < 4.78 is 11.6. The number of unbranched alkanes of at least 4 members (excludes halogenated alkanes) is 56. The summed E-state index contributed by atoms with van der Waals surface area (Å²) >= 11 is 0. The molecule has 0 aromatic carbocycles. The molecule has 7 heteroatoms. The fourth-order valence-electron chi connectivity index (χ4n) is 12.1. The molecule has 0 aromatic heterocycles. The molecular weight excluding hydrogens is 985 g/mol. The summed E-state index contributed by atoms with van der Waals surface area (Å²) in [5.74, 6) is 0.437. The number of allylic oxidation sites excluding steroid dienone is 1. The Bertz CT molecular complexity index is 1230. The van der Waals surface area contributed by atoms with Crippen molar-refractivity contribution in [2.45, 2.75) is 436 Å². The van der Waals surface area contributed by atoms with Crippen LogP contribution in [0.1, 0.15) is 406 Å². The van der Waals surface area contributed by atoms with Gasteiger partial charge in [-0.1, -0.05) is 379 Å². The smallest absolute Gasteiger partial charge is 0.187 e. The molecule has 1 saturated heterocycles. The van der Waals surface area contributed by atoms with Crippen LogP contribution in [-0.4, -0.2) is 65.0 Å². The highest BCUT2D eigenvalue weighted by atomic mass is 16.8. The first-order valence-corrected chi connectivity index (χ1v) is 36.8. The molecule has 0 radical (unpaired) electrons. The lowest BCUT2D eigenvalue weighted by molar-refractivity contribution is 0.0476. The quantitative estimate of drug-likeness (QED) is 0.0136. The van der Waals surface area contributed by atoms with E-state index in [9.17, 15) is 15.3 Å². The molecule has 1 fully saturated rings.